The molecule has 1 aromatic rings. The van der Waals surface area contributed by atoms with Crippen LogP contribution in [-0.2, 0) is 9.53 Å². The van der Waals surface area contributed by atoms with E-state index >= 15 is 0 Å². The smallest absolute Gasteiger partial charge is 0.405 e. The van der Waals surface area contributed by atoms with Crippen molar-refractivity contribution in [3.63, 3.8) is 0 Å². The van der Waals surface area contributed by atoms with Gasteiger partial charge in [-0.2, -0.15) is 4.73 Å². The fourth-order valence-electron chi connectivity index (χ4n) is 1.45. The Kier molecular flexibility index (Phi) is 5.44. The SMILES string of the molecule is C[C@H](OC(=O)c1cccc[n+]1[O-])C(=O)NC(=O)NC(C)(C)C. The van der Waals surface area contributed by atoms with Crippen molar-refractivity contribution in [1.82, 2.24) is 10.6 Å². The molecule has 0 aliphatic carbocycles. The van der Waals surface area contributed by atoms with Crippen LogP contribution in [-0.4, -0.2) is 29.6 Å². The standard InChI is InChI=1S/C14H19N3O5/c1-9(11(18)15-13(20)16-14(2,3)4)22-12(19)10-7-5-6-8-17(10)21/h5-9H,1-4H3,(H2,15,16,18,20)/t9-/m0/s1. The van der Waals surface area contributed by atoms with E-state index < -0.39 is 29.6 Å². The molecule has 0 saturated carbocycles. The number of nitrogens with one attached hydrogen (secondary N) is 2. The zero-order valence-corrected chi connectivity index (χ0v) is 12.9. The van der Waals surface area contributed by atoms with E-state index in [0.717, 1.165) is 6.20 Å². The normalized spacial score (nSPS) is 12.2. The van der Waals surface area contributed by atoms with Crippen molar-refractivity contribution < 1.29 is 23.9 Å². The third-order valence-corrected chi connectivity index (χ3v) is 2.41. The Labute approximate surface area is 128 Å². The van der Waals surface area contributed by atoms with Crippen LogP contribution < -0.4 is 15.4 Å². The van der Waals surface area contributed by atoms with E-state index in [1.807, 2.05) is 0 Å². The number of esters is 1. The summed E-state index contributed by atoms with van der Waals surface area (Å²) in [6, 6.07) is 3.52. The lowest BCUT2D eigenvalue weighted by atomic mass is 10.1. The number of pyridine rings is 1. The number of imide groups is 1. The first kappa shape index (κ1) is 17.4. The molecule has 1 atom stereocenters. The minimum Gasteiger partial charge on any atom is -0.618 e. The van der Waals surface area contributed by atoms with Gasteiger partial charge in [0.15, 0.2) is 12.3 Å². The molecule has 0 aliphatic heterocycles. The average Bonchev–Trinajstić information content (AvgIpc) is 2.36. The number of rotatable bonds is 3. The van der Waals surface area contributed by atoms with Gasteiger partial charge in [0, 0.05) is 17.7 Å². The first-order valence-corrected chi connectivity index (χ1v) is 6.62. The molecule has 0 unspecified atom stereocenters. The van der Waals surface area contributed by atoms with Crippen molar-refractivity contribution in [2.24, 2.45) is 0 Å². The highest BCUT2D eigenvalue weighted by atomic mass is 16.6. The summed E-state index contributed by atoms with van der Waals surface area (Å²) >= 11 is 0. The van der Waals surface area contributed by atoms with Gasteiger partial charge in [0.25, 0.3) is 5.91 Å². The molecular weight excluding hydrogens is 290 g/mol. The van der Waals surface area contributed by atoms with Crippen LogP contribution in [0.2, 0.25) is 0 Å². The maximum Gasteiger partial charge on any atom is 0.405 e. The molecule has 8 nitrogen and oxygen atoms in total. The number of ether oxygens (including phenoxy) is 1. The van der Waals surface area contributed by atoms with Gasteiger partial charge in [0.05, 0.1) is 0 Å². The maximum atomic E-state index is 11.8. The van der Waals surface area contributed by atoms with Gasteiger partial charge in [0.1, 0.15) is 0 Å². The largest absolute Gasteiger partial charge is 0.618 e. The first-order valence-electron chi connectivity index (χ1n) is 6.62. The molecule has 8 heteroatoms. The van der Waals surface area contributed by atoms with Crippen LogP contribution in [0.4, 0.5) is 4.79 Å². The van der Waals surface area contributed by atoms with Gasteiger partial charge in [-0.25, -0.2) is 9.59 Å². The predicted octanol–water partition coefficient (Wildman–Crippen LogP) is 0.490. The van der Waals surface area contributed by atoms with Crippen LogP contribution in [0.1, 0.15) is 38.2 Å². The lowest BCUT2D eigenvalue weighted by Gasteiger charge is -2.21. The summed E-state index contributed by atoms with van der Waals surface area (Å²) in [5.41, 5.74) is -0.760. The zero-order valence-electron chi connectivity index (χ0n) is 12.9. The molecule has 0 aliphatic rings. The molecule has 0 fully saturated rings. The summed E-state index contributed by atoms with van der Waals surface area (Å²) in [6.45, 7) is 6.56. The minimum atomic E-state index is -1.22. The summed E-state index contributed by atoms with van der Waals surface area (Å²) in [6.07, 6.45) is -0.0867. The second-order valence-corrected chi connectivity index (χ2v) is 5.65. The van der Waals surface area contributed by atoms with Crippen LogP contribution >= 0.6 is 0 Å². The highest BCUT2D eigenvalue weighted by Gasteiger charge is 2.25. The topological polar surface area (TPSA) is 111 Å². The summed E-state index contributed by atoms with van der Waals surface area (Å²) in [4.78, 5) is 35.1. The molecule has 0 aromatic carbocycles. The van der Waals surface area contributed by atoms with Crippen LogP contribution in [0.5, 0.6) is 0 Å². The Bertz CT molecular complexity index is 580. The van der Waals surface area contributed by atoms with Gasteiger partial charge in [0.2, 0.25) is 0 Å². The molecule has 22 heavy (non-hydrogen) atoms. The number of nitrogens with zero attached hydrogens (tertiary/aromatic N) is 1. The molecule has 1 heterocycles. The van der Waals surface area contributed by atoms with Gasteiger partial charge >= 0.3 is 17.7 Å². The van der Waals surface area contributed by atoms with Crippen molar-refractivity contribution in [3.8, 4) is 0 Å². The van der Waals surface area contributed by atoms with Crippen molar-refractivity contribution >= 4 is 17.9 Å². The van der Waals surface area contributed by atoms with E-state index in [0.29, 0.717) is 4.73 Å². The Morgan fingerprint density at radius 3 is 2.45 bits per heavy atom. The Morgan fingerprint density at radius 1 is 1.27 bits per heavy atom. The second-order valence-electron chi connectivity index (χ2n) is 5.65. The number of urea groups is 1. The molecule has 2 N–H and O–H groups in total. The predicted molar refractivity (Wildman–Crippen MR) is 76.7 cm³/mol. The number of hydrogen-bond donors (Lipinski definition) is 2. The van der Waals surface area contributed by atoms with Crippen LogP contribution in [0, 0.1) is 5.21 Å². The molecule has 0 radical (unpaired) electrons. The Hall–Kier alpha value is -2.64. The molecule has 1 aromatic heterocycles. The Morgan fingerprint density at radius 2 is 1.91 bits per heavy atom. The molecular formula is C14H19N3O5. The number of carbonyl (C=O) groups is 3. The lowest BCUT2D eigenvalue weighted by molar-refractivity contribution is -0.608. The van der Waals surface area contributed by atoms with Crippen molar-refractivity contribution in [3.05, 3.63) is 35.3 Å². The van der Waals surface area contributed by atoms with Crippen LogP contribution in [0.3, 0.4) is 0 Å². The highest BCUT2D eigenvalue weighted by molar-refractivity contribution is 5.98. The van der Waals surface area contributed by atoms with Crippen LogP contribution in [0.25, 0.3) is 0 Å². The van der Waals surface area contributed by atoms with E-state index in [-0.39, 0.29) is 5.69 Å². The lowest BCUT2D eigenvalue weighted by Crippen LogP contribution is -2.50. The summed E-state index contributed by atoms with van der Waals surface area (Å²) in [5.74, 6) is -1.74. The molecule has 0 saturated heterocycles. The van der Waals surface area contributed by atoms with Gasteiger partial charge in [-0.15, -0.1) is 0 Å². The maximum absolute atomic E-state index is 11.8. The first-order chi connectivity index (χ1) is 10.1. The number of hydrogen-bond acceptors (Lipinski definition) is 5. The van der Waals surface area contributed by atoms with Crippen molar-refractivity contribution in [2.45, 2.75) is 39.3 Å². The van der Waals surface area contributed by atoms with Gasteiger partial charge < -0.3 is 15.3 Å². The zero-order chi connectivity index (χ0) is 16.9. The molecule has 0 spiro atoms. The van der Waals surface area contributed by atoms with Crippen LogP contribution in [0.15, 0.2) is 24.4 Å². The van der Waals surface area contributed by atoms with E-state index in [1.54, 1.807) is 20.8 Å². The third kappa shape index (κ3) is 5.39. The second kappa shape index (κ2) is 6.88. The fourth-order valence-corrected chi connectivity index (χ4v) is 1.45. The summed E-state index contributed by atoms with van der Waals surface area (Å²) in [7, 11) is 0. The van der Waals surface area contributed by atoms with Gasteiger partial charge in [-0.3, -0.25) is 10.1 Å². The number of amides is 3. The third-order valence-electron chi connectivity index (χ3n) is 2.41. The van der Waals surface area contributed by atoms with E-state index in [9.17, 15) is 19.6 Å². The summed E-state index contributed by atoms with van der Waals surface area (Å²) < 4.78 is 5.19. The van der Waals surface area contributed by atoms with Crippen molar-refractivity contribution in [1.29, 1.82) is 0 Å². The summed E-state index contributed by atoms with van der Waals surface area (Å²) in [5, 5.41) is 16.0. The molecule has 0 bridgehead atoms. The highest BCUT2D eigenvalue weighted by Crippen LogP contribution is 2.01. The molecule has 120 valence electrons. The minimum absolute atomic E-state index is 0.249. The monoisotopic (exact) mass is 309 g/mol. The van der Waals surface area contributed by atoms with E-state index in [2.05, 4.69) is 10.6 Å². The number of aromatic nitrogens is 1. The van der Waals surface area contributed by atoms with E-state index in [1.165, 1.54) is 25.1 Å². The fraction of sp³-hybridized carbons (Fsp3) is 0.429. The van der Waals surface area contributed by atoms with Crippen molar-refractivity contribution in [2.75, 3.05) is 0 Å². The van der Waals surface area contributed by atoms with Gasteiger partial charge in [-0.1, -0.05) is 0 Å². The average molecular weight is 309 g/mol. The van der Waals surface area contributed by atoms with E-state index in [4.69, 9.17) is 4.74 Å². The Balaban J connectivity index is 2.60. The molecule has 3 amide bonds. The van der Waals surface area contributed by atoms with Gasteiger partial charge in [-0.05, 0) is 33.8 Å². The molecule has 1 rings (SSSR count). The number of carbonyl (C=O) groups excluding carboxylic acids is 3. The quantitative estimate of drug-likeness (QED) is 0.479.